The molecule has 0 radical (unpaired) electrons. The van der Waals surface area contributed by atoms with Gasteiger partial charge in [0.1, 0.15) is 0 Å². The Morgan fingerprint density at radius 3 is 2.62 bits per heavy atom. The molecule has 2 fully saturated rings. The lowest BCUT2D eigenvalue weighted by atomic mass is 10.1. The van der Waals surface area contributed by atoms with Crippen molar-refractivity contribution in [1.82, 2.24) is 10.6 Å². The third-order valence-electron chi connectivity index (χ3n) is 4.65. The molecule has 1 aliphatic heterocycles. The monoisotopic (exact) mass is 354 g/mol. The van der Waals surface area contributed by atoms with E-state index >= 15 is 0 Å². The van der Waals surface area contributed by atoms with Crippen molar-refractivity contribution in [2.75, 3.05) is 20.2 Å². The largest absolute Gasteiger partial charge is 0.493 e. The number of ether oxygens (including phenoxy) is 2. The van der Waals surface area contributed by atoms with Gasteiger partial charge in [0.15, 0.2) is 11.5 Å². The molecule has 1 aromatic carbocycles. The highest BCUT2D eigenvalue weighted by molar-refractivity contribution is 5.95. The number of carbonyl (C=O) groups is 1. The summed E-state index contributed by atoms with van der Waals surface area (Å²) in [7, 11) is 1.61. The van der Waals surface area contributed by atoms with Gasteiger partial charge in [-0.25, -0.2) is 0 Å². The minimum Gasteiger partial charge on any atom is -0.493 e. The maximum Gasteiger partial charge on any atom is 0.251 e. The molecule has 134 valence electrons. The summed E-state index contributed by atoms with van der Waals surface area (Å²) in [5.41, 5.74) is 0.617. The number of methoxy groups -OCH3 is 1. The smallest absolute Gasteiger partial charge is 0.251 e. The first-order chi connectivity index (χ1) is 11.3. The van der Waals surface area contributed by atoms with E-state index in [-0.39, 0.29) is 30.5 Å². The van der Waals surface area contributed by atoms with Gasteiger partial charge in [-0.1, -0.05) is 0 Å². The number of benzene rings is 1. The summed E-state index contributed by atoms with van der Waals surface area (Å²) in [6.07, 6.45) is 7.05. The molecule has 3 rings (SSSR count). The van der Waals surface area contributed by atoms with Gasteiger partial charge >= 0.3 is 0 Å². The molecule has 1 aliphatic carbocycles. The lowest BCUT2D eigenvalue weighted by molar-refractivity contribution is 0.0930. The van der Waals surface area contributed by atoms with E-state index in [2.05, 4.69) is 10.6 Å². The molecular formula is C18H27ClN2O3. The third-order valence-corrected chi connectivity index (χ3v) is 4.65. The van der Waals surface area contributed by atoms with E-state index < -0.39 is 0 Å². The number of rotatable bonds is 5. The van der Waals surface area contributed by atoms with E-state index in [0.717, 1.165) is 44.5 Å². The fourth-order valence-electron chi connectivity index (χ4n) is 3.34. The van der Waals surface area contributed by atoms with Gasteiger partial charge < -0.3 is 20.1 Å². The van der Waals surface area contributed by atoms with Gasteiger partial charge in [-0.2, -0.15) is 0 Å². The Bertz CT molecular complexity index is 541. The molecule has 1 saturated heterocycles. The highest BCUT2D eigenvalue weighted by Crippen LogP contribution is 2.32. The predicted molar refractivity (Wildman–Crippen MR) is 96.5 cm³/mol. The number of nitrogens with one attached hydrogen (secondary N) is 2. The van der Waals surface area contributed by atoms with Crippen LogP contribution >= 0.6 is 12.4 Å². The Balaban J connectivity index is 0.00000208. The van der Waals surface area contributed by atoms with Crippen molar-refractivity contribution in [1.29, 1.82) is 0 Å². The van der Waals surface area contributed by atoms with Gasteiger partial charge in [0.25, 0.3) is 5.91 Å². The Hall–Kier alpha value is -1.46. The van der Waals surface area contributed by atoms with Gasteiger partial charge in [0.05, 0.1) is 13.2 Å². The zero-order valence-corrected chi connectivity index (χ0v) is 15.0. The number of piperidine rings is 1. The fourth-order valence-corrected chi connectivity index (χ4v) is 3.34. The molecule has 24 heavy (non-hydrogen) atoms. The van der Waals surface area contributed by atoms with Crippen LogP contribution in [0.2, 0.25) is 0 Å². The average molecular weight is 355 g/mol. The van der Waals surface area contributed by atoms with E-state index in [1.54, 1.807) is 13.2 Å². The lowest BCUT2D eigenvalue weighted by Crippen LogP contribution is -2.45. The number of hydrogen-bond acceptors (Lipinski definition) is 4. The van der Waals surface area contributed by atoms with E-state index in [1.165, 1.54) is 12.8 Å². The van der Waals surface area contributed by atoms with Crippen LogP contribution < -0.4 is 20.1 Å². The van der Waals surface area contributed by atoms with Gasteiger partial charge in [0, 0.05) is 18.2 Å². The maximum atomic E-state index is 12.4. The molecule has 0 spiro atoms. The summed E-state index contributed by atoms with van der Waals surface area (Å²) in [5, 5.41) is 6.39. The minimum atomic E-state index is -0.0515. The normalized spacial score (nSPS) is 21.0. The Morgan fingerprint density at radius 1 is 1.17 bits per heavy atom. The van der Waals surface area contributed by atoms with Crippen molar-refractivity contribution >= 4 is 18.3 Å². The first-order valence-corrected chi connectivity index (χ1v) is 8.62. The summed E-state index contributed by atoms with van der Waals surface area (Å²) in [6.45, 7) is 1.87. The number of hydrogen-bond donors (Lipinski definition) is 2. The van der Waals surface area contributed by atoms with E-state index in [4.69, 9.17) is 9.47 Å². The molecule has 6 heteroatoms. The molecule has 1 heterocycles. The second-order valence-corrected chi connectivity index (χ2v) is 6.41. The van der Waals surface area contributed by atoms with Crippen LogP contribution in [-0.2, 0) is 0 Å². The summed E-state index contributed by atoms with van der Waals surface area (Å²) in [5.74, 6) is 1.31. The van der Waals surface area contributed by atoms with Crippen LogP contribution in [0.5, 0.6) is 11.5 Å². The standard InChI is InChI=1S/C18H26N2O3.ClH/c1-22-17-11-13(18(21)20-14-5-4-10-19-12-14)8-9-16(17)23-15-6-2-3-7-15;/h8-9,11,14-15,19H,2-7,10,12H2,1H3,(H,20,21);1H/t14-;/m0./s1. The maximum absolute atomic E-state index is 12.4. The summed E-state index contributed by atoms with van der Waals surface area (Å²) >= 11 is 0. The first-order valence-electron chi connectivity index (χ1n) is 8.62. The molecule has 5 nitrogen and oxygen atoms in total. The lowest BCUT2D eigenvalue weighted by Gasteiger charge is -2.24. The van der Waals surface area contributed by atoms with Gasteiger partial charge in [-0.3, -0.25) is 4.79 Å². The zero-order valence-electron chi connectivity index (χ0n) is 14.2. The molecule has 1 aromatic rings. The molecule has 1 amide bonds. The quantitative estimate of drug-likeness (QED) is 0.853. The molecule has 2 N–H and O–H groups in total. The Labute approximate surface area is 149 Å². The molecule has 0 bridgehead atoms. The molecule has 1 saturated carbocycles. The highest BCUT2D eigenvalue weighted by Gasteiger charge is 2.20. The molecule has 1 atom stereocenters. The van der Waals surface area contributed by atoms with Crippen molar-refractivity contribution in [3.8, 4) is 11.5 Å². The Morgan fingerprint density at radius 2 is 1.96 bits per heavy atom. The molecule has 2 aliphatic rings. The van der Waals surface area contributed by atoms with Gasteiger partial charge in [0.2, 0.25) is 0 Å². The number of amides is 1. The van der Waals surface area contributed by atoms with Crippen LogP contribution in [0.25, 0.3) is 0 Å². The second kappa shape index (κ2) is 9.14. The minimum absolute atomic E-state index is 0. The number of halogens is 1. The first kappa shape index (κ1) is 18.9. The zero-order chi connectivity index (χ0) is 16.1. The Kier molecular flexibility index (Phi) is 7.18. The van der Waals surface area contributed by atoms with Crippen LogP contribution in [0.1, 0.15) is 48.9 Å². The SMILES string of the molecule is COc1cc(C(=O)N[C@H]2CCCNC2)ccc1OC1CCCC1.Cl. The van der Waals surface area contributed by atoms with Crippen molar-refractivity contribution in [2.24, 2.45) is 0 Å². The third kappa shape index (κ3) is 4.77. The molecule has 0 unspecified atom stereocenters. The van der Waals surface area contributed by atoms with Crippen molar-refractivity contribution < 1.29 is 14.3 Å². The van der Waals surface area contributed by atoms with Crippen LogP contribution in [0.4, 0.5) is 0 Å². The summed E-state index contributed by atoms with van der Waals surface area (Å²) < 4.78 is 11.4. The van der Waals surface area contributed by atoms with E-state index in [9.17, 15) is 4.79 Å². The van der Waals surface area contributed by atoms with Crippen LogP contribution in [0.15, 0.2) is 18.2 Å². The highest BCUT2D eigenvalue weighted by atomic mass is 35.5. The molecular weight excluding hydrogens is 328 g/mol. The summed E-state index contributed by atoms with van der Waals surface area (Å²) in [6, 6.07) is 5.65. The topological polar surface area (TPSA) is 59.6 Å². The van der Waals surface area contributed by atoms with Crippen molar-refractivity contribution in [3.05, 3.63) is 23.8 Å². The van der Waals surface area contributed by atoms with Gasteiger partial charge in [-0.15, -0.1) is 12.4 Å². The van der Waals surface area contributed by atoms with Crippen LogP contribution in [0.3, 0.4) is 0 Å². The van der Waals surface area contributed by atoms with Gasteiger partial charge in [-0.05, 0) is 63.3 Å². The summed E-state index contributed by atoms with van der Waals surface area (Å²) in [4.78, 5) is 12.4. The molecule has 0 aromatic heterocycles. The van der Waals surface area contributed by atoms with Crippen molar-refractivity contribution in [3.63, 3.8) is 0 Å². The van der Waals surface area contributed by atoms with E-state index in [1.807, 2.05) is 12.1 Å². The number of carbonyl (C=O) groups excluding carboxylic acids is 1. The second-order valence-electron chi connectivity index (χ2n) is 6.41. The van der Waals surface area contributed by atoms with Crippen LogP contribution in [0, 0.1) is 0 Å². The van der Waals surface area contributed by atoms with Crippen LogP contribution in [-0.4, -0.2) is 38.3 Å². The average Bonchev–Trinajstić information content (AvgIpc) is 3.09. The van der Waals surface area contributed by atoms with E-state index in [0.29, 0.717) is 11.3 Å². The van der Waals surface area contributed by atoms with Crippen molar-refractivity contribution in [2.45, 2.75) is 50.7 Å². The fraction of sp³-hybridized carbons (Fsp3) is 0.611. The predicted octanol–water partition coefficient (Wildman–Crippen LogP) is 2.92.